The van der Waals surface area contributed by atoms with Crippen LogP contribution in [-0.4, -0.2) is 50.7 Å². The monoisotopic (exact) mass is 188 g/mol. The van der Waals surface area contributed by atoms with E-state index in [1.165, 1.54) is 0 Å². The smallest absolute Gasteiger partial charge is 0.236 e. The maximum atomic E-state index is 11.4. The quantitative estimate of drug-likeness (QED) is 0.615. The number of hydrogen-bond donors (Lipinski definition) is 1. The number of carbonyl (C=O) groups is 1. The van der Waals surface area contributed by atoms with Gasteiger partial charge in [-0.3, -0.25) is 4.79 Å². The third-order valence-corrected chi connectivity index (χ3v) is 1.83. The van der Waals surface area contributed by atoms with Crippen molar-refractivity contribution in [2.75, 3.05) is 39.9 Å². The minimum absolute atomic E-state index is 0.140. The molecule has 0 bridgehead atoms. The molecule has 0 radical (unpaired) electrons. The van der Waals surface area contributed by atoms with E-state index in [0.717, 1.165) is 13.1 Å². The van der Waals surface area contributed by atoms with Crippen molar-refractivity contribution in [3.05, 3.63) is 0 Å². The third-order valence-electron chi connectivity index (χ3n) is 1.83. The van der Waals surface area contributed by atoms with Crippen molar-refractivity contribution in [2.45, 2.75) is 13.8 Å². The van der Waals surface area contributed by atoms with Crippen LogP contribution < -0.4 is 5.32 Å². The zero-order chi connectivity index (χ0) is 10.1. The number of methoxy groups -OCH3 is 1. The van der Waals surface area contributed by atoms with Crippen molar-refractivity contribution in [1.82, 2.24) is 10.2 Å². The van der Waals surface area contributed by atoms with Gasteiger partial charge in [-0.15, -0.1) is 0 Å². The van der Waals surface area contributed by atoms with Crippen LogP contribution in [0.25, 0.3) is 0 Å². The van der Waals surface area contributed by atoms with Gasteiger partial charge >= 0.3 is 0 Å². The molecule has 0 saturated heterocycles. The number of nitrogens with one attached hydrogen (secondary N) is 1. The maximum Gasteiger partial charge on any atom is 0.236 e. The van der Waals surface area contributed by atoms with Crippen LogP contribution >= 0.6 is 0 Å². The van der Waals surface area contributed by atoms with E-state index in [4.69, 9.17) is 4.74 Å². The highest BCUT2D eigenvalue weighted by Gasteiger charge is 2.09. The molecular formula is C9H20N2O2. The first-order chi connectivity index (χ1) is 6.26. The van der Waals surface area contributed by atoms with Gasteiger partial charge in [0.05, 0.1) is 13.2 Å². The lowest BCUT2D eigenvalue weighted by molar-refractivity contribution is -0.130. The number of likely N-dealkylation sites (N-methyl/N-ethyl adjacent to an activating group) is 2. The molecule has 4 heteroatoms. The second-order valence-electron chi connectivity index (χ2n) is 2.75. The van der Waals surface area contributed by atoms with Gasteiger partial charge in [0.15, 0.2) is 0 Å². The summed E-state index contributed by atoms with van der Waals surface area (Å²) >= 11 is 0. The zero-order valence-electron chi connectivity index (χ0n) is 8.80. The number of hydrogen-bond acceptors (Lipinski definition) is 3. The first-order valence-corrected chi connectivity index (χ1v) is 4.73. The summed E-state index contributed by atoms with van der Waals surface area (Å²) in [4.78, 5) is 13.2. The van der Waals surface area contributed by atoms with Gasteiger partial charge in [0.1, 0.15) is 0 Å². The van der Waals surface area contributed by atoms with E-state index in [-0.39, 0.29) is 5.91 Å². The minimum atomic E-state index is 0.140. The molecule has 0 aliphatic heterocycles. The van der Waals surface area contributed by atoms with Gasteiger partial charge in [0.2, 0.25) is 5.91 Å². The molecule has 0 aromatic rings. The van der Waals surface area contributed by atoms with E-state index in [0.29, 0.717) is 19.7 Å². The normalized spacial score (nSPS) is 10.1. The predicted molar refractivity (Wildman–Crippen MR) is 52.7 cm³/mol. The maximum absolute atomic E-state index is 11.4. The van der Waals surface area contributed by atoms with Crippen LogP contribution in [0.5, 0.6) is 0 Å². The Hall–Kier alpha value is -0.610. The average Bonchev–Trinajstić information content (AvgIpc) is 2.16. The van der Waals surface area contributed by atoms with Crippen molar-refractivity contribution >= 4 is 5.91 Å². The lowest BCUT2D eigenvalue weighted by Gasteiger charge is -2.20. The van der Waals surface area contributed by atoms with Crippen LogP contribution in [0.3, 0.4) is 0 Å². The number of carbonyl (C=O) groups excluding carboxylic acids is 1. The fourth-order valence-electron chi connectivity index (χ4n) is 1.00. The summed E-state index contributed by atoms with van der Waals surface area (Å²) in [5.74, 6) is 0.140. The molecular weight excluding hydrogens is 168 g/mol. The molecule has 78 valence electrons. The lowest BCUT2D eigenvalue weighted by Crippen LogP contribution is -2.39. The molecule has 0 atom stereocenters. The van der Waals surface area contributed by atoms with Gasteiger partial charge in [-0.25, -0.2) is 0 Å². The molecule has 0 saturated carbocycles. The summed E-state index contributed by atoms with van der Waals surface area (Å²) in [5.41, 5.74) is 0. The molecule has 13 heavy (non-hydrogen) atoms. The van der Waals surface area contributed by atoms with Crippen LogP contribution in [-0.2, 0) is 9.53 Å². The van der Waals surface area contributed by atoms with Crippen LogP contribution in [0.2, 0.25) is 0 Å². The molecule has 0 aromatic carbocycles. The molecule has 0 aromatic heterocycles. The topological polar surface area (TPSA) is 41.6 Å². The van der Waals surface area contributed by atoms with Crippen LogP contribution in [0, 0.1) is 0 Å². The van der Waals surface area contributed by atoms with E-state index >= 15 is 0 Å². The molecule has 0 spiro atoms. The van der Waals surface area contributed by atoms with Gasteiger partial charge < -0.3 is 15.0 Å². The second kappa shape index (κ2) is 8.01. The summed E-state index contributed by atoms with van der Waals surface area (Å²) in [6, 6.07) is 0. The van der Waals surface area contributed by atoms with E-state index < -0.39 is 0 Å². The summed E-state index contributed by atoms with van der Waals surface area (Å²) in [5, 5.41) is 3.01. The number of amides is 1. The highest BCUT2D eigenvalue weighted by molar-refractivity contribution is 5.78. The lowest BCUT2D eigenvalue weighted by atomic mass is 10.4. The summed E-state index contributed by atoms with van der Waals surface area (Å²) in [6.07, 6.45) is 0. The molecule has 1 N–H and O–H groups in total. The van der Waals surface area contributed by atoms with Gasteiger partial charge in [-0.05, 0) is 13.5 Å². The zero-order valence-corrected chi connectivity index (χ0v) is 8.80. The van der Waals surface area contributed by atoms with Crippen molar-refractivity contribution in [3.8, 4) is 0 Å². The number of nitrogens with zero attached hydrogens (tertiary/aromatic N) is 1. The van der Waals surface area contributed by atoms with E-state index in [1.54, 1.807) is 12.0 Å². The Bertz CT molecular complexity index is 140. The van der Waals surface area contributed by atoms with Crippen LogP contribution in [0.1, 0.15) is 13.8 Å². The molecule has 1 amide bonds. The van der Waals surface area contributed by atoms with Crippen molar-refractivity contribution in [2.24, 2.45) is 0 Å². The Morgan fingerprint density at radius 2 is 2.15 bits per heavy atom. The van der Waals surface area contributed by atoms with Crippen molar-refractivity contribution in [1.29, 1.82) is 0 Å². The Kier molecular flexibility index (Phi) is 7.63. The van der Waals surface area contributed by atoms with Gasteiger partial charge in [-0.1, -0.05) is 6.92 Å². The van der Waals surface area contributed by atoms with E-state index in [2.05, 4.69) is 5.32 Å². The summed E-state index contributed by atoms with van der Waals surface area (Å²) in [6.45, 7) is 7.23. The molecule has 0 fully saturated rings. The first kappa shape index (κ1) is 12.4. The third kappa shape index (κ3) is 5.60. The molecule has 4 nitrogen and oxygen atoms in total. The summed E-state index contributed by atoms with van der Waals surface area (Å²) in [7, 11) is 1.64. The van der Waals surface area contributed by atoms with Gasteiger partial charge in [0.25, 0.3) is 0 Å². The Morgan fingerprint density at radius 1 is 1.46 bits per heavy atom. The standard InChI is InChI=1S/C9H20N2O2/c1-4-10-8-9(12)11(5-2)6-7-13-3/h10H,4-8H2,1-3H3. The minimum Gasteiger partial charge on any atom is -0.383 e. The highest BCUT2D eigenvalue weighted by atomic mass is 16.5. The van der Waals surface area contributed by atoms with Crippen LogP contribution in [0.4, 0.5) is 0 Å². The number of ether oxygens (including phenoxy) is 1. The molecule has 0 aliphatic carbocycles. The van der Waals surface area contributed by atoms with E-state index in [9.17, 15) is 4.79 Å². The Morgan fingerprint density at radius 3 is 2.62 bits per heavy atom. The fraction of sp³-hybridized carbons (Fsp3) is 0.889. The van der Waals surface area contributed by atoms with E-state index in [1.807, 2.05) is 13.8 Å². The van der Waals surface area contributed by atoms with Crippen molar-refractivity contribution in [3.63, 3.8) is 0 Å². The Balaban J connectivity index is 3.71. The molecule has 0 rings (SSSR count). The highest BCUT2D eigenvalue weighted by Crippen LogP contribution is 1.88. The first-order valence-electron chi connectivity index (χ1n) is 4.73. The summed E-state index contributed by atoms with van der Waals surface area (Å²) < 4.78 is 4.91. The fourth-order valence-corrected chi connectivity index (χ4v) is 1.00. The van der Waals surface area contributed by atoms with Crippen molar-refractivity contribution < 1.29 is 9.53 Å². The van der Waals surface area contributed by atoms with Gasteiger partial charge in [-0.2, -0.15) is 0 Å². The molecule has 0 unspecified atom stereocenters. The van der Waals surface area contributed by atoms with Gasteiger partial charge in [0, 0.05) is 20.2 Å². The SMILES string of the molecule is CCNCC(=O)N(CC)CCOC. The largest absolute Gasteiger partial charge is 0.383 e. The Labute approximate surface area is 80.2 Å². The predicted octanol–water partition coefficient (Wildman–Crippen LogP) is 0.0908. The average molecular weight is 188 g/mol. The molecule has 0 aliphatic rings. The second-order valence-corrected chi connectivity index (χ2v) is 2.75. The van der Waals surface area contributed by atoms with Crippen LogP contribution in [0.15, 0.2) is 0 Å². The molecule has 0 heterocycles. The number of rotatable bonds is 7.